The van der Waals surface area contributed by atoms with E-state index in [9.17, 15) is 0 Å². The van der Waals surface area contributed by atoms with Gasteiger partial charge in [0.2, 0.25) is 0 Å². The van der Waals surface area contributed by atoms with E-state index in [4.69, 9.17) is 9.84 Å². The molecule has 0 aliphatic carbocycles. The largest absolute Gasteiger partial charge is 0.457 e. The summed E-state index contributed by atoms with van der Waals surface area (Å²) < 4.78 is 6.86. The minimum atomic E-state index is -0.0877. The van der Waals surface area contributed by atoms with Crippen molar-refractivity contribution >= 4 is 15.9 Å². The van der Waals surface area contributed by atoms with E-state index in [-0.39, 0.29) is 6.61 Å². The molecule has 4 heteroatoms. The number of benzene rings is 1. The van der Waals surface area contributed by atoms with Crippen LogP contribution in [0, 0.1) is 13.8 Å². The number of nitrogens with zero attached hydrogens (tertiary/aromatic N) is 1. The van der Waals surface area contributed by atoms with Gasteiger partial charge >= 0.3 is 0 Å². The van der Waals surface area contributed by atoms with E-state index in [1.807, 2.05) is 26.0 Å². The molecule has 0 spiro atoms. The van der Waals surface area contributed by atoms with Crippen molar-refractivity contribution in [3.05, 3.63) is 51.8 Å². The quantitative estimate of drug-likeness (QED) is 0.939. The molecule has 0 saturated heterocycles. The van der Waals surface area contributed by atoms with Gasteiger partial charge in [0.1, 0.15) is 11.5 Å². The van der Waals surface area contributed by atoms with Crippen molar-refractivity contribution in [2.75, 3.05) is 0 Å². The third-order valence-corrected chi connectivity index (χ3v) is 3.85. The highest BCUT2D eigenvalue weighted by Gasteiger charge is 2.05. The molecule has 1 heterocycles. The van der Waals surface area contributed by atoms with Gasteiger partial charge in [-0.2, -0.15) is 0 Å². The third-order valence-electron chi connectivity index (χ3n) is 2.60. The molecular weight excluding hydrogens is 294 g/mol. The SMILES string of the molecule is Cc1cc(Oc2ccnc(CO)c2)cc(C)c1Br. The van der Waals surface area contributed by atoms with Crippen LogP contribution in [-0.4, -0.2) is 10.1 Å². The standard InChI is InChI=1S/C14H14BrNO2/c1-9-5-13(6-10(2)14(9)15)18-12-3-4-16-11(7-12)8-17/h3-7,17H,8H2,1-2H3. The average Bonchev–Trinajstić information content (AvgIpc) is 2.36. The molecule has 0 amide bonds. The van der Waals surface area contributed by atoms with E-state index in [0.29, 0.717) is 11.4 Å². The van der Waals surface area contributed by atoms with Crippen LogP contribution in [0.3, 0.4) is 0 Å². The Kier molecular flexibility index (Phi) is 3.99. The van der Waals surface area contributed by atoms with Gasteiger partial charge in [-0.15, -0.1) is 0 Å². The van der Waals surface area contributed by atoms with Crippen LogP contribution in [-0.2, 0) is 6.61 Å². The zero-order valence-electron chi connectivity index (χ0n) is 10.3. The fourth-order valence-corrected chi connectivity index (χ4v) is 1.94. The van der Waals surface area contributed by atoms with Gasteiger partial charge in [0.15, 0.2) is 0 Å². The van der Waals surface area contributed by atoms with Crippen LogP contribution < -0.4 is 4.74 Å². The molecule has 1 aromatic carbocycles. The van der Waals surface area contributed by atoms with E-state index >= 15 is 0 Å². The van der Waals surface area contributed by atoms with Crippen molar-refractivity contribution in [1.82, 2.24) is 4.98 Å². The number of hydrogen-bond donors (Lipinski definition) is 1. The number of ether oxygens (including phenoxy) is 1. The van der Waals surface area contributed by atoms with Gasteiger partial charge in [0.05, 0.1) is 12.3 Å². The first-order valence-corrected chi connectivity index (χ1v) is 6.40. The summed E-state index contributed by atoms with van der Waals surface area (Å²) in [5.41, 5.74) is 2.85. The minimum Gasteiger partial charge on any atom is -0.457 e. The lowest BCUT2D eigenvalue weighted by Crippen LogP contribution is -1.92. The molecule has 0 bridgehead atoms. The van der Waals surface area contributed by atoms with E-state index in [1.165, 1.54) is 0 Å². The van der Waals surface area contributed by atoms with Crippen molar-refractivity contribution < 1.29 is 9.84 Å². The molecule has 1 N–H and O–H groups in total. The second-order valence-corrected chi connectivity index (χ2v) is 4.91. The number of pyridine rings is 1. The summed E-state index contributed by atoms with van der Waals surface area (Å²) in [4.78, 5) is 4.01. The number of rotatable bonds is 3. The Morgan fingerprint density at radius 3 is 2.44 bits per heavy atom. The summed E-state index contributed by atoms with van der Waals surface area (Å²) in [6, 6.07) is 7.44. The first-order chi connectivity index (χ1) is 8.60. The summed E-state index contributed by atoms with van der Waals surface area (Å²) in [7, 11) is 0. The highest BCUT2D eigenvalue weighted by molar-refractivity contribution is 9.10. The molecular formula is C14H14BrNO2. The number of aliphatic hydroxyl groups is 1. The van der Waals surface area contributed by atoms with Crippen molar-refractivity contribution in [1.29, 1.82) is 0 Å². The molecule has 0 unspecified atom stereocenters. The van der Waals surface area contributed by atoms with E-state index < -0.39 is 0 Å². The van der Waals surface area contributed by atoms with E-state index in [0.717, 1.165) is 21.3 Å². The highest BCUT2D eigenvalue weighted by atomic mass is 79.9. The van der Waals surface area contributed by atoms with Gasteiger partial charge in [0, 0.05) is 16.7 Å². The first-order valence-electron chi connectivity index (χ1n) is 5.60. The molecule has 0 saturated carbocycles. The Morgan fingerprint density at radius 1 is 1.17 bits per heavy atom. The summed E-state index contributed by atoms with van der Waals surface area (Å²) in [5, 5.41) is 9.03. The second kappa shape index (κ2) is 5.50. The average molecular weight is 308 g/mol. The molecule has 0 aliphatic heterocycles. The Balaban J connectivity index is 2.28. The van der Waals surface area contributed by atoms with E-state index in [1.54, 1.807) is 18.3 Å². The van der Waals surface area contributed by atoms with Crippen LogP contribution in [0.4, 0.5) is 0 Å². The Morgan fingerprint density at radius 2 is 1.83 bits per heavy atom. The van der Waals surface area contributed by atoms with E-state index in [2.05, 4.69) is 20.9 Å². The third kappa shape index (κ3) is 2.89. The number of aromatic nitrogens is 1. The molecule has 0 aliphatic rings. The van der Waals surface area contributed by atoms with Crippen molar-refractivity contribution in [3.63, 3.8) is 0 Å². The van der Waals surface area contributed by atoms with Gasteiger partial charge in [-0.25, -0.2) is 0 Å². The fourth-order valence-electron chi connectivity index (χ4n) is 1.71. The summed E-state index contributed by atoms with van der Waals surface area (Å²) in [5.74, 6) is 1.46. The molecule has 0 fully saturated rings. The molecule has 1 aromatic heterocycles. The van der Waals surface area contributed by atoms with Gasteiger partial charge in [-0.05, 0) is 43.2 Å². The van der Waals surface area contributed by atoms with Crippen LogP contribution in [0.25, 0.3) is 0 Å². The first kappa shape index (κ1) is 13.1. The normalized spacial score (nSPS) is 10.4. The van der Waals surface area contributed by atoms with Gasteiger partial charge < -0.3 is 9.84 Å². The molecule has 2 rings (SSSR count). The lowest BCUT2D eigenvalue weighted by atomic mass is 10.1. The maximum Gasteiger partial charge on any atom is 0.130 e. The van der Waals surface area contributed by atoms with Crippen LogP contribution >= 0.6 is 15.9 Å². The van der Waals surface area contributed by atoms with Crippen molar-refractivity contribution in [2.24, 2.45) is 0 Å². The fraction of sp³-hybridized carbons (Fsp3) is 0.214. The zero-order valence-corrected chi connectivity index (χ0v) is 11.9. The maximum atomic E-state index is 9.03. The molecule has 2 aromatic rings. The second-order valence-electron chi connectivity index (χ2n) is 4.11. The number of aryl methyl sites for hydroxylation is 2. The van der Waals surface area contributed by atoms with Crippen LogP contribution in [0.1, 0.15) is 16.8 Å². The molecule has 94 valence electrons. The zero-order chi connectivity index (χ0) is 13.1. The number of aliphatic hydroxyl groups excluding tert-OH is 1. The minimum absolute atomic E-state index is 0.0877. The van der Waals surface area contributed by atoms with Crippen molar-refractivity contribution in [3.8, 4) is 11.5 Å². The van der Waals surface area contributed by atoms with Crippen LogP contribution in [0.5, 0.6) is 11.5 Å². The monoisotopic (exact) mass is 307 g/mol. The molecule has 0 radical (unpaired) electrons. The lowest BCUT2D eigenvalue weighted by molar-refractivity contribution is 0.276. The maximum absolute atomic E-state index is 9.03. The molecule has 0 atom stereocenters. The van der Waals surface area contributed by atoms with Gasteiger partial charge in [-0.1, -0.05) is 15.9 Å². The van der Waals surface area contributed by atoms with Gasteiger partial charge in [-0.3, -0.25) is 4.98 Å². The molecule has 3 nitrogen and oxygen atoms in total. The van der Waals surface area contributed by atoms with Crippen molar-refractivity contribution in [2.45, 2.75) is 20.5 Å². The smallest absolute Gasteiger partial charge is 0.130 e. The summed E-state index contributed by atoms with van der Waals surface area (Å²) in [6.45, 7) is 3.96. The Labute approximate surface area is 115 Å². The number of hydrogen-bond acceptors (Lipinski definition) is 3. The Hall–Kier alpha value is -1.39. The number of halogens is 1. The van der Waals surface area contributed by atoms with Gasteiger partial charge in [0.25, 0.3) is 0 Å². The predicted octanol–water partition coefficient (Wildman–Crippen LogP) is 3.75. The van der Waals surface area contributed by atoms with Crippen LogP contribution in [0.2, 0.25) is 0 Å². The molecule has 18 heavy (non-hydrogen) atoms. The van der Waals surface area contributed by atoms with Crippen LogP contribution in [0.15, 0.2) is 34.9 Å². The Bertz CT molecular complexity index is 546. The predicted molar refractivity (Wildman–Crippen MR) is 73.8 cm³/mol. The highest BCUT2D eigenvalue weighted by Crippen LogP contribution is 2.29. The summed E-state index contributed by atoms with van der Waals surface area (Å²) >= 11 is 3.52. The lowest BCUT2D eigenvalue weighted by Gasteiger charge is -2.10. The topological polar surface area (TPSA) is 42.4 Å². The summed E-state index contributed by atoms with van der Waals surface area (Å²) in [6.07, 6.45) is 1.62.